The molecule has 6 heteroatoms. The van der Waals surface area contributed by atoms with Gasteiger partial charge in [-0.1, -0.05) is 6.08 Å². The summed E-state index contributed by atoms with van der Waals surface area (Å²) in [6.45, 7) is 3.37. The zero-order chi connectivity index (χ0) is 12.2. The molecule has 88 valence electrons. The fourth-order valence-electron chi connectivity index (χ4n) is 1.17. The van der Waals surface area contributed by atoms with Crippen molar-refractivity contribution in [1.29, 1.82) is 0 Å². The summed E-state index contributed by atoms with van der Waals surface area (Å²) < 4.78 is 30.4. The van der Waals surface area contributed by atoms with E-state index in [0.717, 1.165) is 0 Å². The Labute approximate surface area is 95.0 Å². The Hall–Kier alpha value is -1.69. The van der Waals surface area contributed by atoms with Crippen LogP contribution >= 0.6 is 0 Å². The average Bonchev–Trinajstić information content (AvgIpc) is 2.17. The van der Waals surface area contributed by atoms with E-state index in [4.69, 9.17) is 10.5 Å². The van der Waals surface area contributed by atoms with Crippen LogP contribution in [0, 0.1) is 0 Å². The van der Waals surface area contributed by atoms with Crippen LogP contribution in [0.15, 0.2) is 30.9 Å². The summed E-state index contributed by atoms with van der Waals surface area (Å²) in [4.78, 5) is 0. The van der Waals surface area contributed by atoms with Crippen molar-refractivity contribution < 1.29 is 13.2 Å². The van der Waals surface area contributed by atoms with Gasteiger partial charge in [-0.3, -0.25) is 4.72 Å². The van der Waals surface area contributed by atoms with Gasteiger partial charge < -0.3 is 10.5 Å². The van der Waals surface area contributed by atoms with Crippen LogP contribution in [0.25, 0.3) is 0 Å². The van der Waals surface area contributed by atoms with E-state index in [-0.39, 0.29) is 5.75 Å². The van der Waals surface area contributed by atoms with E-state index in [2.05, 4.69) is 11.3 Å². The number of sulfonamides is 1. The van der Waals surface area contributed by atoms with Crippen LogP contribution < -0.4 is 15.2 Å². The second-order valence-electron chi connectivity index (χ2n) is 3.13. The summed E-state index contributed by atoms with van der Waals surface area (Å²) in [5, 5.41) is 0. The standard InChI is InChI=1S/C10H14N2O3S/c1-3-6-16(13,14)12-9-7-8(11)4-5-10(9)15-2/h3-5,7,12H,1,6,11H2,2H3. The van der Waals surface area contributed by atoms with Gasteiger partial charge in [0.1, 0.15) is 5.75 Å². The van der Waals surface area contributed by atoms with Crippen molar-refractivity contribution in [3.63, 3.8) is 0 Å². The molecule has 1 aromatic rings. The fourth-order valence-corrected chi connectivity index (χ4v) is 2.06. The first-order valence-corrected chi connectivity index (χ1v) is 6.18. The second kappa shape index (κ2) is 4.89. The molecule has 0 saturated carbocycles. The number of nitrogens with one attached hydrogen (secondary N) is 1. The normalized spacial score (nSPS) is 10.8. The number of nitrogen functional groups attached to an aromatic ring is 1. The lowest BCUT2D eigenvalue weighted by atomic mass is 10.2. The molecule has 0 aliphatic heterocycles. The maximum absolute atomic E-state index is 11.5. The second-order valence-corrected chi connectivity index (χ2v) is 4.90. The first kappa shape index (κ1) is 12.4. The lowest BCUT2D eigenvalue weighted by Gasteiger charge is -2.11. The molecule has 0 unspecified atom stereocenters. The van der Waals surface area contributed by atoms with Gasteiger partial charge in [-0.05, 0) is 18.2 Å². The van der Waals surface area contributed by atoms with Crippen LogP contribution in [0.4, 0.5) is 11.4 Å². The lowest BCUT2D eigenvalue weighted by molar-refractivity contribution is 0.417. The predicted octanol–water partition coefficient (Wildman–Crippen LogP) is 1.21. The van der Waals surface area contributed by atoms with Crippen molar-refractivity contribution in [2.24, 2.45) is 0 Å². The molecule has 0 bridgehead atoms. The van der Waals surface area contributed by atoms with Gasteiger partial charge >= 0.3 is 0 Å². The van der Waals surface area contributed by atoms with E-state index in [1.54, 1.807) is 12.1 Å². The van der Waals surface area contributed by atoms with Gasteiger partial charge in [-0.25, -0.2) is 8.42 Å². The monoisotopic (exact) mass is 242 g/mol. The van der Waals surface area contributed by atoms with Crippen LogP contribution in [-0.4, -0.2) is 21.3 Å². The molecule has 0 aliphatic carbocycles. The van der Waals surface area contributed by atoms with E-state index in [0.29, 0.717) is 17.1 Å². The first-order chi connectivity index (χ1) is 7.48. The Kier molecular flexibility index (Phi) is 3.78. The molecule has 0 heterocycles. The minimum atomic E-state index is -3.44. The molecule has 16 heavy (non-hydrogen) atoms. The number of hydrogen-bond donors (Lipinski definition) is 2. The third kappa shape index (κ3) is 3.16. The highest BCUT2D eigenvalue weighted by molar-refractivity contribution is 7.92. The molecule has 0 spiro atoms. The molecular formula is C10H14N2O3S. The molecule has 3 N–H and O–H groups in total. The molecule has 0 radical (unpaired) electrons. The first-order valence-electron chi connectivity index (χ1n) is 4.53. The highest BCUT2D eigenvalue weighted by Gasteiger charge is 2.11. The summed E-state index contributed by atoms with van der Waals surface area (Å²) in [6.07, 6.45) is 1.31. The fraction of sp³-hybridized carbons (Fsp3) is 0.200. The van der Waals surface area contributed by atoms with Gasteiger partial charge in [0.2, 0.25) is 10.0 Å². The van der Waals surface area contributed by atoms with Crippen molar-refractivity contribution >= 4 is 21.4 Å². The lowest BCUT2D eigenvalue weighted by Crippen LogP contribution is -2.15. The molecule has 1 aromatic carbocycles. The van der Waals surface area contributed by atoms with E-state index in [1.807, 2.05) is 0 Å². The topological polar surface area (TPSA) is 81.4 Å². The number of nitrogens with two attached hydrogens (primary N) is 1. The van der Waals surface area contributed by atoms with Crippen molar-refractivity contribution in [3.05, 3.63) is 30.9 Å². The largest absolute Gasteiger partial charge is 0.495 e. The van der Waals surface area contributed by atoms with Gasteiger partial charge in [-0.2, -0.15) is 0 Å². The smallest absolute Gasteiger partial charge is 0.236 e. The van der Waals surface area contributed by atoms with Crippen molar-refractivity contribution in [3.8, 4) is 5.75 Å². The third-order valence-corrected chi connectivity index (χ3v) is 3.03. The Morgan fingerprint density at radius 3 is 2.81 bits per heavy atom. The SMILES string of the molecule is C=CCS(=O)(=O)Nc1cc(N)ccc1OC. The quantitative estimate of drug-likeness (QED) is 0.600. The zero-order valence-corrected chi connectivity index (χ0v) is 9.75. The minimum absolute atomic E-state index is 0.162. The molecule has 1 rings (SSSR count). The molecule has 0 amide bonds. The zero-order valence-electron chi connectivity index (χ0n) is 8.93. The molecule has 0 aromatic heterocycles. The number of rotatable bonds is 5. The van der Waals surface area contributed by atoms with Crippen molar-refractivity contribution in [2.75, 3.05) is 23.3 Å². The molecule has 0 atom stereocenters. The van der Waals surface area contributed by atoms with Crippen LogP contribution in [-0.2, 0) is 10.0 Å². The van der Waals surface area contributed by atoms with Crippen LogP contribution in [0.2, 0.25) is 0 Å². The third-order valence-electron chi connectivity index (χ3n) is 1.83. The van der Waals surface area contributed by atoms with E-state index >= 15 is 0 Å². The maximum Gasteiger partial charge on any atom is 0.236 e. The molecular weight excluding hydrogens is 228 g/mol. The van der Waals surface area contributed by atoms with Crippen LogP contribution in [0.5, 0.6) is 5.75 Å². The summed E-state index contributed by atoms with van der Waals surface area (Å²) >= 11 is 0. The van der Waals surface area contributed by atoms with Crippen LogP contribution in [0.3, 0.4) is 0 Å². The Morgan fingerprint density at radius 1 is 1.56 bits per heavy atom. The number of anilines is 2. The minimum Gasteiger partial charge on any atom is -0.495 e. The summed E-state index contributed by atoms with van der Waals surface area (Å²) in [5.74, 6) is 0.257. The molecule has 0 saturated heterocycles. The number of hydrogen-bond acceptors (Lipinski definition) is 4. The molecule has 0 aliphatic rings. The summed E-state index contributed by atoms with van der Waals surface area (Å²) in [7, 11) is -1.98. The predicted molar refractivity (Wildman–Crippen MR) is 65.0 cm³/mol. The van der Waals surface area contributed by atoms with Gasteiger partial charge in [0.05, 0.1) is 18.6 Å². The van der Waals surface area contributed by atoms with E-state index in [9.17, 15) is 8.42 Å². The summed E-state index contributed by atoms with van der Waals surface area (Å²) in [6, 6.07) is 4.73. The molecule has 0 fully saturated rings. The Balaban J connectivity index is 3.04. The van der Waals surface area contributed by atoms with Gasteiger partial charge in [0.15, 0.2) is 0 Å². The average molecular weight is 242 g/mol. The Bertz CT molecular complexity index is 483. The molecule has 5 nitrogen and oxygen atoms in total. The van der Waals surface area contributed by atoms with E-state index < -0.39 is 10.0 Å². The highest BCUT2D eigenvalue weighted by atomic mass is 32.2. The maximum atomic E-state index is 11.5. The number of benzene rings is 1. The van der Waals surface area contributed by atoms with Gasteiger partial charge in [0, 0.05) is 5.69 Å². The summed E-state index contributed by atoms with van der Waals surface area (Å²) in [5.41, 5.74) is 6.34. The van der Waals surface area contributed by atoms with Crippen molar-refractivity contribution in [1.82, 2.24) is 0 Å². The number of ether oxygens (including phenoxy) is 1. The van der Waals surface area contributed by atoms with Gasteiger partial charge in [0.25, 0.3) is 0 Å². The number of methoxy groups -OCH3 is 1. The Morgan fingerprint density at radius 2 is 2.25 bits per heavy atom. The van der Waals surface area contributed by atoms with Crippen molar-refractivity contribution in [2.45, 2.75) is 0 Å². The van der Waals surface area contributed by atoms with Crippen LogP contribution in [0.1, 0.15) is 0 Å². The van der Waals surface area contributed by atoms with E-state index in [1.165, 1.54) is 19.3 Å². The van der Waals surface area contributed by atoms with Gasteiger partial charge in [-0.15, -0.1) is 6.58 Å². The highest BCUT2D eigenvalue weighted by Crippen LogP contribution is 2.27.